The van der Waals surface area contributed by atoms with Crippen molar-refractivity contribution in [1.82, 2.24) is 4.98 Å². The Bertz CT molecular complexity index is 394. The number of hydrogen-bond acceptors (Lipinski definition) is 4. The van der Waals surface area contributed by atoms with E-state index in [4.69, 9.17) is 9.84 Å². The Morgan fingerprint density at radius 3 is 2.53 bits per heavy atom. The lowest BCUT2D eigenvalue weighted by atomic mass is 10.1. The lowest BCUT2D eigenvalue weighted by Gasteiger charge is -2.07. The Labute approximate surface area is 113 Å². The van der Waals surface area contributed by atoms with Crippen molar-refractivity contribution in [3.8, 4) is 0 Å². The zero-order chi connectivity index (χ0) is 15.3. The van der Waals surface area contributed by atoms with E-state index in [1.807, 2.05) is 0 Å². The number of aromatic nitrogens is 1. The molecule has 1 rings (SSSR count). The van der Waals surface area contributed by atoms with Gasteiger partial charge in [-0.2, -0.15) is 0 Å². The molecule has 0 aromatic carbocycles. The maximum Gasteiger partial charge on any atom is 0.152 e. The molecule has 0 fully saturated rings. The molecule has 0 amide bonds. The lowest BCUT2D eigenvalue weighted by molar-refractivity contribution is -0.109. The fourth-order valence-electron chi connectivity index (χ4n) is 1.12. The van der Waals surface area contributed by atoms with Gasteiger partial charge in [0.15, 0.2) is 5.82 Å². The number of hydrogen-bond donors (Lipinski definition) is 1. The number of allylic oxidation sites excluding steroid dienone is 1. The van der Waals surface area contributed by atoms with Gasteiger partial charge in [0.25, 0.3) is 0 Å². The fraction of sp³-hybridized carbons (Fsp3) is 0.286. The predicted octanol–water partition coefficient (Wildman–Crippen LogP) is 2.45. The van der Waals surface area contributed by atoms with Gasteiger partial charge in [0.2, 0.25) is 0 Å². The lowest BCUT2D eigenvalue weighted by Crippen LogP contribution is -1.97. The number of halogens is 1. The number of methoxy groups -OCH3 is 1. The Morgan fingerprint density at radius 2 is 2.11 bits per heavy atom. The third kappa shape index (κ3) is 7.10. The van der Waals surface area contributed by atoms with Crippen molar-refractivity contribution < 1.29 is 19.0 Å². The van der Waals surface area contributed by atoms with Crippen LogP contribution in [0.15, 0.2) is 37.7 Å². The largest absolute Gasteiger partial charge is 0.496 e. The molecule has 0 saturated carbocycles. The quantitative estimate of drug-likeness (QED) is 0.518. The van der Waals surface area contributed by atoms with Crippen molar-refractivity contribution in [1.29, 1.82) is 0 Å². The van der Waals surface area contributed by atoms with Crippen LogP contribution in [0, 0.1) is 11.7 Å². The average molecular weight is 269 g/mol. The molecule has 1 aromatic rings. The Balaban J connectivity index is 0. The molecule has 0 radical (unpaired) electrons. The number of carbonyl (C=O) groups excluding carboxylic acids is 1. The van der Waals surface area contributed by atoms with Crippen molar-refractivity contribution in [2.45, 2.75) is 6.92 Å². The zero-order valence-electron chi connectivity index (χ0n) is 11.5. The summed E-state index contributed by atoms with van der Waals surface area (Å²) in [5.41, 5.74) is 0.307. The molecule has 5 heteroatoms. The third-order valence-electron chi connectivity index (χ3n) is 1.89. The highest BCUT2D eigenvalue weighted by Crippen LogP contribution is 2.19. The summed E-state index contributed by atoms with van der Waals surface area (Å²) in [6, 6.07) is 1.50. The minimum atomic E-state index is -0.469. The first-order valence-corrected chi connectivity index (χ1v) is 5.44. The van der Waals surface area contributed by atoms with Gasteiger partial charge in [-0.3, -0.25) is 4.98 Å². The summed E-state index contributed by atoms with van der Waals surface area (Å²) >= 11 is 0. The molecule has 19 heavy (non-hydrogen) atoms. The monoisotopic (exact) mass is 269 g/mol. The van der Waals surface area contributed by atoms with Crippen LogP contribution in [0.5, 0.6) is 0 Å². The predicted molar refractivity (Wildman–Crippen MR) is 73.8 cm³/mol. The van der Waals surface area contributed by atoms with E-state index in [-0.39, 0.29) is 5.92 Å². The first kappa shape index (κ1) is 19.3. The van der Waals surface area contributed by atoms with Crippen LogP contribution >= 0.6 is 0 Å². The summed E-state index contributed by atoms with van der Waals surface area (Å²) in [5, 5.41) is 7.00. The molecule has 4 nitrogen and oxygen atoms in total. The first-order chi connectivity index (χ1) is 9.19. The topological polar surface area (TPSA) is 59.4 Å². The van der Waals surface area contributed by atoms with Crippen molar-refractivity contribution in [2.75, 3.05) is 14.2 Å². The smallest absolute Gasteiger partial charge is 0.152 e. The molecule has 1 atom stereocenters. The molecule has 1 N–H and O–H groups in total. The van der Waals surface area contributed by atoms with E-state index in [1.165, 1.54) is 19.4 Å². The Kier molecular flexibility index (Phi) is 12.7. The highest BCUT2D eigenvalue weighted by Gasteiger charge is 2.09. The van der Waals surface area contributed by atoms with Gasteiger partial charge in [0.1, 0.15) is 12.0 Å². The van der Waals surface area contributed by atoms with E-state index < -0.39 is 5.82 Å². The number of carbonyl (C=O) groups is 1. The number of rotatable bonds is 4. The van der Waals surface area contributed by atoms with Crippen LogP contribution in [0.3, 0.4) is 0 Å². The SMILES string of the molecule is C=C.CO.CO/C(=C\C(C)C=O)c1ccncc1F. The first-order valence-electron chi connectivity index (χ1n) is 5.44. The zero-order valence-corrected chi connectivity index (χ0v) is 11.5. The van der Waals surface area contributed by atoms with Gasteiger partial charge >= 0.3 is 0 Å². The molecule has 0 saturated heterocycles. The van der Waals surface area contributed by atoms with Crippen LogP contribution < -0.4 is 0 Å². The van der Waals surface area contributed by atoms with Gasteiger partial charge in [0, 0.05) is 19.2 Å². The highest BCUT2D eigenvalue weighted by molar-refractivity contribution is 5.66. The minimum absolute atomic E-state index is 0.307. The molecular weight excluding hydrogens is 249 g/mol. The summed E-state index contributed by atoms with van der Waals surface area (Å²) in [6.07, 6.45) is 4.90. The molecule has 106 valence electrons. The van der Waals surface area contributed by atoms with Crippen LogP contribution in [-0.4, -0.2) is 30.6 Å². The van der Waals surface area contributed by atoms with Gasteiger partial charge in [-0.15, -0.1) is 13.2 Å². The standard InChI is InChI=1S/C11H12FNO2.C2H4.CH4O/c1-8(7-14)5-11(15-2)9-3-4-13-6-10(9)12;2*1-2/h3-8H,1-2H3;1-2H2;2H,1H3/b11-5-;;. The van der Waals surface area contributed by atoms with E-state index in [0.717, 1.165) is 19.6 Å². The third-order valence-corrected chi connectivity index (χ3v) is 1.89. The normalized spacial score (nSPS) is 11.1. The van der Waals surface area contributed by atoms with E-state index in [9.17, 15) is 9.18 Å². The van der Waals surface area contributed by atoms with E-state index in [0.29, 0.717) is 11.3 Å². The number of aliphatic hydroxyl groups is 1. The fourth-order valence-corrected chi connectivity index (χ4v) is 1.12. The number of pyridine rings is 1. The average Bonchev–Trinajstić information content (AvgIpc) is 2.49. The molecule has 1 aromatic heterocycles. The van der Waals surface area contributed by atoms with Gasteiger partial charge in [-0.05, 0) is 12.1 Å². The summed E-state index contributed by atoms with van der Waals surface area (Å²) < 4.78 is 18.3. The Morgan fingerprint density at radius 1 is 1.53 bits per heavy atom. The highest BCUT2D eigenvalue weighted by atomic mass is 19.1. The van der Waals surface area contributed by atoms with Gasteiger partial charge < -0.3 is 14.6 Å². The van der Waals surface area contributed by atoms with E-state index >= 15 is 0 Å². The molecule has 0 aliphatic rings. The van der Waals surface area contributed by atoms with Crippen LogP contribution in [0.4, 0.5) is 4.39 Å². The van der Waals surface area contributed by atoms with Crippen molar-refractivity contribution >= 4 is 12.0 Å². The van der Waals surface area contributed by atoms with Crippen LogP contribution in [0.25, 0.3) is 5.76 Å². The van der Waals surface area contributed by atoms with E-state index in [2.05, 4.69) is 18.1 Å². The summed E-state index contributed by atoms with van der Waals surface area (Å²) in [6.45, 7) is 7.70. The maximum absolute atomic E-state index is 13.3. The van der Waals surface area contributed by atoms with Crippen LogP contribution in [0.1, 0.15) is 12.5 Å². The second-order valence-electron chi connectivity index (χ2n) is 3.09. The molecule has 0 spiro atoms. The van der Waals surface area contributed by atoms with Crippen molar-refractivity contribution in [2.24, 2.45) is 5.92 Å². The second-order valence-corrected chi connectivity index (χ2v) is 3.09. The molecular formula is C14H20FNO3. The van der Waals surface area contributed by atoms with Crippen molar-refractivity contribution in [3.05, 3.63) is 49.1 Å². The second kappa shape index (κ2) is 12.4. The summed E-state index contributed by atoms with van der Waals surface area (Å²) in [5.74, 6) is -0.439. The number of aldehydes is 1. The number of aliphatic hydroxyl groups excluding tert-OH is 1. The molecule has 1 unspecified atom stereocenters. The minimum Gasteiger partial charge on any atom is -0.496 e. The number of ether oxygens (including phenoxy) is 1. The summed E-state index contributed by atoms with van der Waals surface area (Å²) in [4.78, 5) is 14.1. The van der Waals surface area contributed by atoms with Gasteiger partial charge in [-0.1, -0.05) is 6.92 Å². The van der Waals surface area contributed by atoms with Gasteiger partial charge in [-0.25, -0.2) is 4.39 Å². The molecule has 1 heterocycles. The van der Waals surface area contributed by atoms with Gasteiger partial charge in [0.05, 0.1) is 18.9 Å². The molecule has 0 aliphatic carbocycles. The van der Waals surface area contributed by atoms with E-state index in [1.54, 1.807) is 13.0 Å². The summed E-state index contributed by atoms with van der Waals surface area (Å²) in [7, 11) is 2.43. The van der Waals surface area contributed by atoms with Crippen LogP contribution in [0.2, 0.25) is 0 Å². The number of nitrogens with zero attached hydrogens (tertiary/aromatic N) is 1. The maximum atomic E-state index is 13.3. The van der Waals surface area contributed by atoms with Crippen LogP contribution in [-0.2, 0) is 9.53 Å². The Hall–Kier alpha value is -2.01. The molecule has 0 aliphatic heterocycles. The molecule has 0 bridgehead atoms. The van der Waals surface area contributed by atoms with Crippen molar-refractivity contribution in [3.63, 3.8) is 0 Å².